The van der Waals surface area contributed by atoms with Gasteiger partial charge in [-0.1, -0.05) is 59.6 Å². The third kappa shape index (κ3) is 4.41. The molecule has 0 atom stereocenters. The molecule has 6 heteroatoms. The van der Waals surface area contributed by atoms with Gasteiger partial charge in [-0.15, -0.1) is 0 Å². The summed E-state index contributed by atoms with van der Waals surface area (Å²) in [5, 5.41) is 23.7. The number of aromatic carboxylic acids is 2. The Morgan fingerprint density at radius 3 is 2.18 bits per heavy atom. The second kappa shape index (κ2) is 9.42. The molecule has 2 aliphatic carbocycles. The molecule has 0 heterocycles. The minimum atomic E-state index is -1.11. The number of hydrogen-bond acceptors (Lipinski definition) is 2. The molecule has 0 bridgehead atoms. The lowest BCUT2D eigenvalue weighted by Gasteiger charge is -2.16. The van der Waals surface area contributed by atoms with E-state index in [1.807, 2.05) is 6.07 Å². The van der Waals surface area contributed by atoms with Crippen molar-refractivity contribution >= 4 is 47.3 Å². The molecule has 3 aromatic rings. The number of carboxylic acid groups (broad SMARTS) is 2. The van der Waals surface area contributed by atoms with E-state index in [2.05, 4.69) is 30.4 Å². The van der Waals surface area contributed by atoms with Crippen LogP contribution in [0, 0.1) is 17.4 Å². The van der Waals surface area contributed by atoms with Crippen LogP contribution < -0.4 is 10.4 Å². The highest BCUT2D eigenvalue weighted by atomic mass is 35.5. The first-order valence-corrected chi connectivity index (χ1v) is 11.4. The highest BCUT2D eigenvalue weighted by molar-refractivity contribution is 6.42. The zero-order valence-corrected chi connectivity index (χ0v) is 19.5. The normalized spacial score (nSPS) is 13.2. The minimum Gasteiger partial charge on any atom is -0.478 e. The van der Waals surface area contributed by atoms with Crippen LogP contribution in [0.5, 0.6) is 0 Å². The summed E-state index contributed by atoms with van der Waals surface area (Å²) in [7, 11) is 0. The van der Waals surface area contributed by atoms with Crippen LogP contribution >= 0.6 is 23.2 Å². The zero-order chi connectivity index (χ0) is 23.7. The van der Waals surface area contributed by atoms with Gasteiger partial charge < -0.3 is 10.2 Å². The Hall–Kier alpha value is -3.08. The number of hydrogen-bond donors (Lipinski definition) is 2. The van der Waals surface area contributed by atoms with Gasteiger partial charge in [0, 0.05) is 0 Å². The van der Waals surface area contributed by atoms with Crippen molar-refractivity contribution in [2.45, 2.75) is 32.6 Å². The summed E-state index contributed by atoms with van der Waals surface area (Å²) in [6, 6.07) is 12.7. The van der Waals surface area contributed by atoms with Gasteiger partial charge in [0.05, 0.1) is 21.2 Å². The summed E-state index contributed by atoms with van der Waals surface area (Å²) < 4.78 is 0. The SMILES string of the molecule is Cc1c(C(=O)O)cccc1C(=O)O.Clc1ccc2c(c1Cl)=CCc1c3c(ccc1=2)=CCCC3. The molecule has 0 aromatic heterocycles. The lowest BCUT2D eigenvalue weighted by molar-refractivity contribution is 0.0696. The van der Waals surface area contributed by atoms with Gasteiger partial charge >= 0.3 is 11.9 Å². The van der Waals surface area contributed by atoms with E-state index < -0.39 is 11.9 Å². The summed E-state index contributed by atoms with van der Waals surface area (Å²) in [6.07, 6.45) is 9.20. The van der Waals surface area contributed by atoms with Gasteiger partial charge in [0.2, 0.25) is 0 Å². The Kier molecular flexibility index (Phi) is 6.59. The third-order valence-corrected chi connectivity index (χ3v) is 7.01. The average Bonchev–Trinajstić information content (AvgIpc) is 2.81. The van der Waals surface area contributed by atoms with Crippen LogP contribution in [0.3, 0.4) is 0 Å². The third-order valence-electron chi connectivity index (χ3n) is 6.19. The first-order chi connectivity index (χ1) is 15.8. The van der Waals surface area contributed by atoms with Gasteiger partial charge in [0.15, 0.2) is 0 Å². The van der Waals surface area contributed by atoms with Crippen LogP contribution in [0.2, 0.25) is 10.0 Å². The Bertz CT molecular complexity index is 1470. The highest BCUT2D eigenvalue weighted by Crippen LogP contribution is 2.22. The molecule has 0 amide bonds. The van der Waals surface area contributed by atoms with Gasteiger partial charge in [-0.3, -0.25) is 0 Å². The van der Waals surface area contributed by atoms with Crippen molar-refractivity contribution in [3.05, 3.63) is 101 Å². The smallest absolute Gasteiger partial charge is 0.335 e. The Labute approximate surface area is 200 Å². The zero-order valence-electron chi connectivity index (χ0n) is 18.0. The largest absolute Gasteiger partial charge is 0.478 e. The quantitative estimate of drug-likeness (QED) is 0.533. The Balaban J connectivity index is 0.000000174. The lowest BCUT2D eigenvalue weighted by atomic mass is 9.89. The van der Waals surface area contributed by atoms with E-state index in [0.717, 1.165) is 11.6 Å². The topological polar surface area (TPSA) is 74.6 Å². The van der Waals surface area contributed by atoms with E-state index in [0.29, 0.717) is 10.0 Å². The van der Waals surface area contributed by atoms with Gasteiger partial charge in [-0.25, -0.2) is 9.59 Å². The van der Waals surface area contributed by atoms with E-state index in [1.165, 1.54) is 71.2 Å². The van der Waals surface area contributed by atoms with Gasteiger partial charge in [0.1, 0.15) is 0 Å². The lowest BCUT2D eigenvalue weighted by Crippen LogP contribution is -2.20. The fourth-order valence-corrected chi connectivity index (χ4v) is 4.93. The molecule has 0 saturated carbocycles. The maximum atomic E-state index is 10.6. The maximum Gasteiger partial charge on any atom is 0.335 e. The predicted molar refractivity (Wildman–Crippen MR) is 130 cm³/mol. The molecule has 0 aliphatic heterocycles. The molecule has 0 unspecified atom stereocenters. The molecular formula is C27H22Cl2O4. The van der Waals surface area contributed by atoms with Crippen LogP contribution in [0.15, 0.2) is 42.5 Å². The van der Waals surface area contributed by atoms with E-state index in [4.69, 9.17) is 33.4 Å². The first kappa shape index (κ1) is 23.1. The van der Waals surface area contributed by atoms with Crippen LogP contribution in [-0.4, -0.2) is 22.2 Å². The first-order valence-electron chi connectivity index (χ1n) is 10.6. The molecule has 0 radical (unpaired) electrons. The molecule has 0 spiro atoms. The number of halogens is 2. The van der Waals surface area contributed by atoms with Crippen molar-refractivity contribution < 1.29 is 19.8 Å². The van der Waals surface area contributed by atoms with Crippen molar-refractivity contribution in [2.24, 2.45) is 0 Å². The van der Waals surface area contributed by atoms with Crippen molar-refractivity contribution in [1.29, 1.82) is 0 Å². The molecule has 0 saturated heterocycles. The summed E-state index contributed by atoms with van der Waals surface area (Å²) in [4.78, 5) is 21.2. The number of fused-ring (bicyclic) bond motifs is 4. The minimum absolute atomic E-state index is 0.0277. The van der Waals surface area contributed by atoms with Crippen LogP contribution in [0.25, 0.3) is 12.2 Å². The van der Waals surface area contributed by atoms with Crippen molar-refractivity contribution in [3.63, 3.8) is 0 Å². The molecule has 3 aromatic carbocycles. The number of rotatable bonds is 2. The summed E-state index contributed by atoms with van der Waals surface area (Å²) in [5.41, 5.74) is 3.34. The van der Waals surface area contributed by atoms with Crippen molar-refractivity contribution in [2.75, 3.05) is 0 Å². The van der Waals surface area contributed by atoms with E-state index in [9.17, 15) is 9.59 Å². The van der Waals surface area contributed by atoms with Crippen molar-refractivity contribution in [1.82, 2.24) is 0 Å². The average molecular weight is 481 g/mol. The fraction of sp³-hybridized carbons (Fsp3) is 0.185. The van der Waals surface area contributed by atoms with Crippen LogP contribution in [-0.2, 0) is 12.8 Å². The van der Waals surface area contributed by atoms with E-state index in [-0.39, 0.29) is 16.7 Å². The number of benzene rings is 3. The van der Waals surface area contributed by atoms with Gasteiger partial charge in [-0.2, -0.15) is 0 Å². The predicted octanol–water partition coefficient (Wildman–Crippen LogP) is 5.13. The van der Waals surface area contributed by atoms with E-state index >= 15 is 0 Å². The molecular weight excluding hydrogens is 459 g/mol. The highest BCUT2D eigenvalue weighted by Gasteiger charge is 2.14. The van der Waals surface area contributed by atoms with E-state index in [1.54, 1.807) is 0 Å². The summed E-state index contributed by atoms with van der Waals surface area (Å²) in [5.74, 6) is -2.22. The number of carbonyl (C=O) groups is 2. The molecule has 0 fully saturated rings. The fourth-order valence-electron chi connectivity index (χ4n) is 4.52. The molecule has 4 nitrogen and oxygen atoms in total. The van der Waals surface area contributed by atoms with Gasteiger partial charge in [0.25, 0.3) is 0 Å². The maximum absolute atomic E-state index is 10.6. The monoisotopic (exact) mass is 480 g/mol. The second-order valence-electron chi connectivity index (χ2n) is 8.08. The van der Waals surface area contributed by atoms with Crippen LogP contribution in [0.1, 0.15) is 50.2 Å². The standard InChI is InChI=1S/C18H14Cl2.C9H8O4/c19-17-10-9-15-14-6-5-11-3-1-2-4-12(11)13(14)7-8-16(15)18(17)20;1-5-6(8(10)11)3-2-4-7(5)9(12)13/h3,5-6,8-10H,1-2,4,7H2;2-4H,1H3,(H,10,11)(H,12,13). The molecule has 2 N–H and O–H groups in total. The Morgan fingerprint density at radius 2 is 1.52 bits per heavy atom. The molecule has 2 aliphatic rings. The Morgan fingerprint density at radius 1 is 0.848 bits per heavy atom. The number of carboxylic acids is 2. The summed E-state index contributed by atoms with van der Waals surface area (Å²) in [6.45, 7) is 1.48. The molecule has 33 heavy (non-hydrogen) atoms. The summed E-state index contributed by atoms with van der Waals surface area (Å²) >= 11 is 12.5. The molecule has 5 rings (SSSR count). The van der Waals surface area contributed by atoms with Crippen LogP contribution in [0.4, 0.5) is 0 Å². The second-order valence-corrected chi connectivity index (χ2v) is 8.86. The van der Waals surface area contributed by atoms with Crippen molar-refractivity contribution in [3.8, 4) is 0 Å². The molecule has 168 valence electrons. The van der Waals surface area contributed by atoms with Gasteiger partial charge in [-0.05, 0) is 88.4 Å².